The highest BCUT2D eigenvalue weighted by Crippen LogP contribution is 2.32. The third-order valence-electron chi connectivity index (χ3n) is 2.97. The van der Waals surface area contributed by atoms with Crippen LogP contribution in [-0.2, 0) is 0 Å². The molecule has 0 fully saturated rings. The van der Waals surface area contributed by atoms with E-state index in [0.29, 0.717) is 0 Å². The van der Waals surface area contributed by atoms with Crippen molar-refractivity contribution in [3.8, 4) is 0 Å². The summed E-state index contributed by atoms with van der Waals surface area (Å²) in [5, 5.41) is 4.10. The highest BCUT2D eigenvalue weighted by atomic mass is 79.9. The van der Waals surface area contributed by atoms with Gasteiger partial charge in [-0.3, -0.25) is 0 Å². The predicted molar refractivity (Wildman–Crippen MR) is 81.2 cm³/mol. The van der Waals surface area contributed by atoms with E-state index in [0.717, 1.165) is 15.1 Å². The molecule has 0 radical (unpaired) electrons. The van der Waals surface area contributed by atoms with Gasteiger partial charge >= 0.3 is 0 Å². The Bertz CT molecular complexity index is 554. The monoisotopic (exact) mass is 323 g/mol. The molecule has 94 valence electrons. The van der Waals surface area contributed by atoms with Crippen molar-refractivity contribution in [2.24, 2.45) is 0 Å². The molecule has 0 bridgehead atoms. The molecule has 0 saturated carbocycles. The van der Waals surface area contributed by atoms with Crippen LogP contribution in [0.4, 0.5) is 0 Å². The first-order valence-electron chi connectivity index (χ1n) is 5.81. The number of aryl methyl sites for hydroxylation is 1. The fourth-order valence-electron chi connectivity index (χ4n) is 2.05. The maximum absolute atomic E-state index is 6.28. The number of hydrogen-bond donors (Lipinski definition) is 1. The van der Waals surface area contributed by atoms with Gasteiger partial charge in [0.1, 0.15) is 0 Å². The minimum absolute atomic E-state index is 0.0914. The zero-order valence-corrected chi connectivity index (χ0v) is 12.7. The molecule has 1 unspecified atom stereocenters. The van der Waals surface area contributed by atoms with Gasteiger partial charge < -0.3 is 5.32 Å². The lowest BCUT2D eigenvalue weighted by Crippen LogP contribution is -2.18. The molecule has 2 rings (SSSR count). The predicted octanol–water partition coefficient (Wildman–Crippen LogP) is 4.72. The van der Waals surface area contributed by atoms with Gasteiger partial charge in [-0.2, -0.15) is 0 Å². The van der Waals surface area contributed by atoms with Crippen LogP contribution in [-0.4, -0.2) is 7.05 Å². The van der Waals surface area contributed by atoms with Crippen LogP contribution in [0, 0.1) is 6.92 Å². The zero-order valence-electron chi connectivity index (χ0n) is 10.4. The Labute approximate surface area is 121 Å². The van der Waals surface area contributed by atoms with E-state index in [-0.39, 0.29) is 6.04 Å². The van der Waals surface area contributed by atoms with E-state index in [4.69, 9.17) is 11.6 Å². The van der Waals surface area contributed by atoms with Crippen LogP contribution in [0.1, 0.15) is 22.7 Å². The quantitative estimate of drug-likeness (QED) is 0.861. The van der Waals surface area contributed by atoms with E-state index in [1.165, 1.54) is 11.1 Å². The Balaban J connectivity index is 2.49. The van der Waals surface area contributed by atoms with E-state index in [2.05, 4.69) is 52.4 Å². The second-order valence-corrected chi connectivity index (χ2v) is 5.53. The van der Waals surface area contributed by atoms with Crippen molar-refractivity contribution >= 4 is 27.5 Å². The van der Waals surface area contributed by atoms with Crippen molar-refractivity contribution < 1.29 is 0 Å². The zero-order chi connectivity index (χ0) is 13.1. The minimum Gasteiger partial charge on any atom is -0.309 e. The standard InChI is InChI=1S/C15H15BrClN/c1-10-7-8-11(13(16)9-10)15(18-2)12-5-3-4-6-14(12)17/h3-9,15,18H,1-2H3. The van der Waals surface area contributed by atoms with Crippen molar-refractivity contribution in [1.82, 2.24) is 5.32 Å². The maximum Gasteiger partial charge on any atom is 0.0600 e. The van der Waals surface area contributed by atoms with Gasteiger partial charge in [-0.1, -0.05) is 57.9 Å². The lowest BCUT2D eigenvalue weighted by atomic mass is 9.98. The Morgan fingerprint density at radius 3 is 2.44 bits per heavy atom. The van der Waals surface area contributed by atoms with Crippen molar-refractivity contribution in [3.63, 3.8) is 0 Å². The molecular formula is C15H15BrClN. The molecule has 2 aromatic carbocycles. The third kappa shape index (κ3) is 2.77. The molecule has 1 atom stereocenters. The van der Waals surface area contributed by atoms with Gasteiger partial charge in [-0.25, -0.2) is 0 Å². The molecule has 0 amide bonds. The summed E-state index contributed by atoms with van der Waals surface area (Å²) in [6.45, 7) is 2.08. The Morgan fingerprint density at radius 1 is 1.11 bits per heavy atom. The Hall–Kier alpha value is -0.830. The molecule has 18 heavy (non-hydrogen) atoms. The fraction of sp³-hybridized carbons (Fsp3) is 0.200. The average Bonchev–Trinajstić information content (AvgIpc) is 2.34. The summed E-state index contributed by atoms with van der Waals surface area (Å²) < 4.78 is 1.10. The van der Waals surface area contributed by atoms with Crippen LogP contribution >= 0.6 is 27.5 Å². The summed E-state index contributed by atoms with van der Waals surface area (Å²) >= 11 is 9.90. The van der Waals surface area contributed by atoms with Gasteiger partial charge in [0, 0.05) is 9.50 Å². The maximum atomic E-state index is 6.28. The number of nitrogens with one attached hydrogen (secondary N) is 1. The molecule has 0 aliphatic rings. The van der Waals surface area contributed by atoms with E-state index in [1.54, 1.807) is 0 Å². The van der Waals surface area contributed by atoms with Crippen molar-refractivity contribution in [2.75, 3.05) is 7.05 Å². The van der Waals surface area contributed by atoms with Crippen molar-refractivity contribution in [2.45, 2.75) is 13.0 Å². The third-order valence-corrected chi connectivity index (χ3v) is 4.00. The molecule has 0 aromatic heterocycles. The van der Waals surface area contributed by atoms with Gasteiger partial charge in [-0.05, 0) is 42.8 Å². The summed E-state index contributed by atoms with van der Waals surface area (Å²) in [7, 11) is 1.94. The molecule has 1 N–H and O–H groups in total. The van der Waals surface area contributed by atoms with Crippen LogP contribution in [0.25, 0.3) is 0 Å². The Kier molecular flexibility index (Phi) is 4.44. The molecule has 0 spiro atoms. The van der Waals surface area contributed by atoms with Gasteiger partial charge in [0.2, 0.25) is 0 Å². The summed E-state index contributed by atoms with van der Waals surface area (Å²) in [6, 6.07) is 14.4. The van der Waals surface area contributed by atoms with Crippen LogP contribution < -0.4 is 5.32 Å². The first-order chi connectivity index (χ1) is 8.63. The summed E-state index contributed by atoms with van der Waals surface area (Å²) in [5.74, 6) is 0. The normalized spacial score (nSPS) is 12.4. The second kappa shape index (κ2) is 5.87. The summed E-state index contributed by atoms with van der Waals surface area (Å²) in [6.07, 6.45) is 0. The molecule has 2 aromatic rings. The highest BCUT2D eigenvalue weighted by Gasteiger charge is 2.17. The van der Waals surface area contributed by atoms with E-state index in [9.17, 15) is 0 Å². The number of rotatable bonds is 3. The fourth-order valence-corrected chi connectivity index (χ4v) is 3.02. The smallest absolute Gasteiger partial charge is 0.0600 e. The van der Waals surface area contributed by atoms with Crippen molar-refractivity contribution in [3.05, 3.63) is 68.7 Å². The minimum atomic E-state index is 0.0914. The molecule has 3 heteroatoms. The summed E-state index contributed by atoms with van der Waals surface area (Å²) in [5.41, 5.74) is 3.52. The van der Waals surface area contributed by atoms with Crippen molar-refractivity contribution in [1.29, 1.82) is 0 Å². The first kappa shape index (κ1) is 13.6. The largest absolute Gasteiger partial charge is 0.309 e. The molecule has 1 nitrogen and oxygen atoms in total. The highest BCUT2D eigenvalue weighted by molar-refractivity contribution is 9.10. The van der Waals surface area contributed by atoms with Gasteiger partial charge in [-0.15, -0.1) is 0 Å². The lowest BCUT2D eigenvalue weighted by Gasteiger charge is -2.20. The molecular weight excluding hydrogens is 310 g/mol. The average molecular weight is 325 g/mol. The lowest BCUT2D eigenvalue weighted by molar-refractivity contribution is 0.689. The van der Waals surface area contributed by atoms with Gasteiger partial charge in [0.05, 0.1) is 6.04 Å². The second-order valence-electron chi connectivity index (χ2n) is 4.27. The van der Waals surface area contributed by atoms with E-state index in [1.807, 2.05) is 25.2 Å². The first-order valence-corrected chi connectivity index (χ1v) is 6.98. The summed E-state index contributed by atoms with van der Waals surface area (Å²) in [4.78, 5) is 0. The molecule has 0 heterocycles. The molecule has 0 aliphatic heterocycles. The number of benzene rings is 2. The SMILES string of the molecule is CNC(c1ccccc1Cl)c1ccc(C)cc1Br. The van der Waals surface area contributed by atoms with E-state index < -0.39 is 0 Å². The topological polar surface area (TPSA) is 12.0 Å². The van der Waals surface area contributed by atoms with Crippen LogP contribution in [0.15, 0.2) is 46.9 Å². The molecule has 0 saturated heterocycles. The number of hydrogen-bond acceptors (Lipinski definition) is 1. The van der Waals surface area contributed by atoms with Crippen LogP contribution in [0.3, 0.4) is 0 Å². The van der Waals surface area contributed by atoms with Gasteiger partial charge in [0.25, 0.3) is 0 Å². The number of halogens is 2. The van der Waals surface area contributed by atoms with Crippen LogP contribution in [0.5, 0.6) is 0 Å². The molecule has 0 aliphatic carbocycles. The van der Waals surface area contributed by atoms with Crippen LogP contribution in [0.2, 0.25) is 5.02 Å². The Morgan fingerprint density at radius 2 is 1.83 bits per heavy atom. The van der Waals surface area contributed by atoms with E-state index >= 15 is 0 Å². The van der Waals surface area contributed by atoms with Gasteiger partial charge in [0.15, 0.2) is 0 Å².